The van der Waals surface area contributed by atoms with Crippen LogP contribution in [0.2, 0.25) is 0 Å². The molecule has 1 aliphatic heterocycles. The van der Waals surface area contributed by atoms with Crippen molar-refractivity contribution in [1.82, 2.24) is 0 Å². The number of ether oxygens (including phenoxy) is 2. The molecule has 0 spiro atoms. The van der Waals surface area contributed by atoms with Crippen molar-refractivity contribution in [2.24, 2.45) is 5.73 Å². The fourth-order valence-corrected chi connectivity index (χ4v) is 2.04. The average Bonchev–Trinajstić information content (AvgIpc) is 2.74. The number of rotatable bonds is 5. The Labute approximate surface area is 96.5 Å². The highest BCUT2D eigenvalue weighted by Crippen LogP contribution is 2.26. The van der Waals surface area contributed by atoms with Gasteiger partial charge < -0.3 is 15.2 Å². The van der Waals surface area contributed by atoms with E-state index in [0.29, 0.717) is 6.61 Å². The standard InChI is InChI=1S/C13H19NO2/c1-15-9-12(14)4-2-10-3-5-13-11(8-10)6-7-16-13/h3,5,8,12H,2,4,6-7,9,14H2,1H3. The van der Waals surface area contributed by atoms with E-state index in [-0.39, 0.29) is 6.04 Å². The van der Waals surface area contributed by atoms with E-state index < -0.39 is 0 Å². The lowest BCUT2D eigenvalue weighted by molar-refractivity contribution is 0.177. The van der Waals surface area contributed by atoms with Crippen molar-refractivity contribution in [2.45, 2.75) is 25.3 Å². The van der Waals surface area contributed by atoms with Crippen molar-refractivity contribution in [3.05, 3.63) is 29.3 Å². The first kappa shape index (κ1) is 11.4. The predicted molar refractivity (Wildman–Crippen MR) is 63.8 cm³/mol. The van der Waals surface area contributed by atoms with Crippen molar-refractivity contribution in [3.8, 4) is 5.75 Å². The number of fused-ring (bicyclic) bond motifs is 1. The molecule has 1 aliphatic rings. The second kappa shape index (κ2) is 5.32. The van der Waals surface area contributed by atoms with Gasteiger partial charge in [0.15, 0.2) is 0 Å². The summed E-state index contributed by atoms with van der Waals surface area (Å²) < 4.78 is 10.5. The van der Waals surface area contributed by atoms with Gasteiger partial charge in [-0.1, -0.05) is 12.1 Å². The van der Waals surface area contributed by atoms with Crippen LogP contribution in [0.4, 0.5) is 0 Å². The molecule has 0 radical (unpaired) electrons. The Hall–Kier alpha value is -1.06. The van der Waals surface area contributed by atoms with Crippen LogP contribution in [0.1, 0.15) is 17.5 Å². The molecule has 0 saturated carbocycles. The minimum atomic E-state index is 0.134. The molecule has 0 aliphatic carbocycles. The Morgan fingerprint density at radius 2 is 2.38 bits per heavy atom. The van der Waals surface area contributed by atoms with Gasteiger partial charge in [-0.25, -0.2) is 0 Å². The van der Waals surface area contributed by atoms with Gasteiger partial charge in [0.25, 0.3) is 0 Å². The molecule has 0 bridgehead atoms. The first-order chi connectivity index (χ1) is 7.79. The van der Waals surface area contributed by atoms with Gasteiger partial charge in [0.1, 0.15) is 5.75 Å². The fraction of sp³-hybridized carbons (Fsp3) is 0.538. The van der Waals surface area contributed by atoms with Gasteiger partial charge in [-0.3, -0.25) is 0 Å². The zero-order chi connectivity index (χ0) is 11.4. The minimum absolute atomic E-state index is 0.134. The third kappa shape index (κ3) is 2.74. The molecule has 1 atom stereocenters. The molecule has 1 aromatic carbocycles. The van der Waals surface area contributed by atoms with Gasteiger partial charge in [-0.2, -0.15) is 0 Å². The molecule has 0 fully saturated rings. The Morgan fingerprint density at radius 3 is 3.19 bits per heavy atom. The zero-order valence-corrected chi connectivity index (χ0v) is 9.74. The van der Waals surface area contributed by atoms with Gasteiger partial charge in [0.05, 0.1) is 13.2 Å². The van der Waals surface area contributed by atoms with Crippen molar-refractivity contribution in [2.75, 3.05) is 20.3 Å². The molecule has 16 heavy (non-hydrogen) atoms. The third-order valence-corrected chi connectivity index (χ3v) is 2.94. The summed E-state index contributed by atoms with van der Waals surface area (Å²) in [6.07, 6.45) is 3.01. The van der Waals surface area contributed by atoms with E-state index in [0.717, 1.165) is 31.6 Å². The largest absolute Gasteiger partial charge is 0.493 e. The monoisotopic (exact) mass is 221 g/mol. The van der Waals surface area contributed by atoms with Gasteiger partial charge in [-0.15, -0.1) is 0 Å². The van der Waals surface area contributed by atoms with E-state index in [1.165, 1.54) is 11.1 Å². The summed E-state index contributed by atoms with van der Waals surface area (Å²) in [4.78, 5) is 0. The SMILES string of the molecule is COCC(N)CCc1ccc2c(c1)CCO2. The number of benzene rings is 1. The third-order valence-electron chi connectivity index (χ3n) is 2.94. The Balaban J connectivity index is 1.90. The zero-order valence-electron chi connectivity index (χ0n) is 9.74. The summed E-state index contributed by atoms with van der Waals surface area (Å²) in [6.45, 7) is 1.45. The molecule has 0 aromatic heterocycles. The van der Waals surface area contributed by atoms with Gasteiger partial charge in [0, 0.05) is 19.6 Å². The smallest absolute Gasteiger partial charge is 0.122 e. The topological polar surface area (TPSA) is 44.5 Å². The summed E-state index contributed by atoms with van der Waals surface area (Å²) in [7, 11) is 1.69. The van der Waals surface area contributed by atoms with Crippen LogP contribution in [0.15, 0.2) is 18.2 Å². The number of nitrogens with two attached hydrogens (primary N) is 1. The van der Waals surface area contributed by atoms with Crippen LogP contribution in [0, 0.1) is 0 Å². The lowest BCUT2D eigenvalue weighted by Gasteiger charge is -2.10. The average molecular weight is 221 g/mol. The maximum absolute atomic E-state index is 5.90. The van der Waals surface area contributed by atoms with Crippen LogP contribution in [0.5, 0.6) is 5.75 Å². The highest BCUT2D eigenvalue weighted by atomic mass is 16.5. The number of hydrogen-bond donors (Lipinski definition) is 1. The molecule has 2 rings (SSSR count). The van der Waals surface area contributed by atoms with Crippen LogP contribution in [-0.4, -0.2) is 26.4 Å². The maximum Gasteiger partial charge on any atom is 0.122 e. The Morgan fingerprint density at radius 1 is 1.50 bits per heavy atom. The molecule has 1 unspecified atom stereocenters. The molecular formula is C13H19NO2. The summed E-state index contributed by atoms with van der Waals surface area (Å²) in [5.41, 5.74) is 8.57. The highest BCUT2D eigenvalue weighted by Gasteiger charge is 2.12. The molecule has 3 heteroatoms. The van der Waals surface area contributed by atoms with Crippen molar-refractivity contribution in [3.63, 3.8) is 0 Å². The molecule has 0 saturated heterocycles. The van der Waals surface area contributed by atoms with Crippen LogP contribution in [0.3, 0.4) is 0 Å². The molecule has 1 aromatic rings. The second-order valence-corrected chi connectivity index (χ2v) is 4.29. The quantitative estimate of drug-likeness (QED) is 0.820. The Bertz CT molecular complexity index is 352. The van der Waals surface area contributed by atoms with E-state index in [4.69, 9.17) is 15.2 Å². The van der Waals surface area contributed by atoms with E-state index in [1.807, 2.05) is 0 Å². The highest BCUT2D eigenvalue weighted by molar-refractivity contribution is 5.39. The van der Waals surface area contributed by atoms with Crippen molar-refractivity contribution < 1.29 is 9.47 Å². The van der Waals surface area contributed by atoms with Crippen LogP contribution in [0.25, 0.3) is 0 Å². The predicted octanol–water partition coefficient (Wildman–Crippen LogP) is 1.53. The second-order valence-electron chi connectivity index (χ2n) is 4.29. The Kier molecular flexibility index (Phi) is 3.80. The van der Waals surface area contributed by atoms with E-state index in [9.17, 15) is 0 Å². The fourth-order valence-electron chi connectivity index (χ4n) is 2.04. The van der Waals surface area contributed by atoms with Crippen LogP contribution >= 0.6 is 0 Å². The van der Waals surface area contributed by atoms with Gasteiger partial charge in [-0.05, 0) is 30.0 Å². The normalized spacial score (nSPS) is 15.6. The summed E-state index contributed by atoms with van der Waals surface area (Å²) in [6, 6.07) is 6.57. The summed E-state index contributed by atoms with van der Waals surface area (Å²) in [5, 5.41) is 0. The van der Waals surface area contributed by atoms with Gasteiger partial charge >= 0.3 is 0 Å². The van der Waals surface area contributed by atoms with Gasteiger partial charge in [0.2, 0.25) is 0 Å². The van der Waals surface area contributed by atoms with Crippen LogP contribution in [-0.2, 0) is 17.6 Å². The lowest BCUT2D eigenvalue weighted by Crippen LogP contribution is -2.26. The van der Waals surface area contributed by atoms with E-state index in [1.54, 1.807) is 7.11 Å². The van der Waals surface area contributed by atoms with Crippen molar-refractivity contribution in [1.29, 1.82) is 0 Å². The summed E-state index contributed by atoms with van der Waals surface area (Å²) >= 11 is 0. The molecule has 88 valence electrons. The first-order valence-electron chi connectivity index (χ1n) is 5.78. The molecule has 0 amide bonds. The number of hydrogen-bond acceptors (Lipinski definition) is 3. The lowest BCUT2D eigenvalue weighted by atomic mass is 10.0. The molecular weight excluding hydrogens is 202 g/mol. The van der Waals surface area contributed by atoms with E-state index in [2.05, 4.69) is 18.2 Å². The maximum atomic E-state index is 5.90. The molecule has 3 nitrogen and oxygen atoms in total. The molecule has 2 N–H and O–H groups in total. The van der Waals surface area contributed by atoms with Crippen LogP contribution < -0.4 is 10.5 Å². The minimum Gasteiger partial charge on any atom is -0.493 e. The summed E-state index contributed by atoms with van der Waals surface area (Å²) in [5.74, 6) is 1.05. The molecule has 1 heterocycles. The first-order valence-corrected chi connectivity index (χ1v) is 5.78. The van der Waals surface area contributed by atoms with E-state index >= 15 is 0 Å². The number of aryl methyl sites for hydroxylation is 1. The van der Waals surface area contributed by atoms with Crippen molar-refractivity contribution >= 4 is 0 Å². The number of methoxy groups -OCH3 is 1.